The van der Waals surface area contributed by atoms with Crippen molar-refractivity contribution in [3.63, 3.8) is 0 Å². The van der Waals surface area contributed by atoms with Gasteiger partial charge in [-0.2, -0.15) is 0 Å². The van der Waals surface area contributed by atoms with Gasteiger partial charge in [0.2, 0.25) is 0 Å². The maximum Gasteiger partial charge on any atom is 0.469 e. The van der Waals surface area contributed by atoms with Crippen molar-refractivity contribution in [2.45, 2.75) is 24.4 Å². The fourth-order valence-electron chi connectivity index (χ4n) is 1.14. The zero-order chi connectivity index (χ0) is 12.5. The van der Waals surface area contributed by atoms with Gasteiger partial charge in [-0.3, -0.25) is 4.52 Å². The molecule has 0 spiro atoms. The summed E-state index contributed by atoms with van der Waals surface area (Å²) in [5, 5.41) is 27.5. The lowest BCUT2D eigenvalue weighted by Crippen LogP contribution is -2.56. The van der Waals surface area contributed by atoms with E-state index in [1.54, 1.807) is 0 Å². The summed E-state index contributed by atoms with van der Waals surface area (Å²) in [5.74, 6) is -1.20. The molecule has 5 N–H and O–H groups in total. The Hall–Kier alpha value is -0.540. The monoisotopic (exact) mass is 258 g/mol. The zero-order valence-corrected chi connectivity index (χ0v) is 8.73. The van der Waals surface area contributed by atoms with Crippen LogP contribution in [0.25, 0.3) is 0 Å². The minimum atomic E-state index is -4.76. The second kappa shape index (κ2) is 4.76. The molecule has 0 aliphatic carbocycles. The molecule has 0 aromatic rings. The van der Waals surface area contributed by atoms with Crippen LogP contribution in [0.3, 0.4) is 0 Å². The van der Waals surface area contributed by atoms with Gasteiger partial charge in [0.1, 0.15) is 12.2 Å². The van der Waals surface area contributed by atoms with Gasteiger partial charge < -0.3 is 29.8 Å². The average Bonchev–Trinajstić information content (AvgIpc) is 2.17. The van der Waals surface area contributed by atoms with E-state index in [1.165, 1.54) is 0 Å². The summed E-state index contributed by atoms with van der Waals surface area (Å²) in [6, 6.07) is 0. The van der Waals surface area contributed by atoms with E-state index in [9.17, 15) is 14.5 Å². The third-order valence-electron chi connectivity index (χ3n) is 1.97. The summed E-state index contributed by atoms with van der Waals surface area (Å²) >= 11 is 0. The standard InChI is InChI=1S/C6H11O9P/c7-3-2(1-14-16(11,12)13)15-6(10)5(9)4(3)8/h2-5,7-9H,1H2,(H2,11,12,13)/t2?,3-,4?,5?/m1/s1. The van der Waals surface area contributed by atoms with Gasteiger partial charge in [-0.05, 0) is 0 Å². The van der Waals surface area contributed by atoms with Gasteiger partial charge in [0.05, 0.1) is 6.61 Å². The second-order valence-corrected chi connectivity index (χ2v) is 4.43. The van der Waals surface area contributed by atoms with Gasteiger partial charge in [0, 0.05) is 0 Å². The van der Waals surface area contributed by atoms with Gasteiger partial charge in [-0.25, -0.2) is 9.36 Å². The van der Waals surface area contributed by atoms with Crippen molar-refractivity contribution in [3.8, 4) is 0 Å². The van der Waals surface area contributed by atoms with Crippen LogP contribution in [0.5, 0.6) is 0 Å². The second-order valence-electron chi connectivity index (χ2n) is 3.19. The molecule has 0 radical (unpaired) electrons. The molecular weight excluding hydrogens is 247 g/mol. The number of phosphoric acid groups is 1. The van der Waals surface area contributed by atoms with Crippen LogP contribution in [-0.4, -0.2) is 62.1 Å². The fourth-order valence-corrected chi connectivity index (χ4v) is 1.48. The SMILES string of the molecule is O=C1OC(COP(=O)(O)O)[C@@H](O)C(O)C1O. The van der Waals surface area contributed by atoms with Gasteiger partial charge in [-0.15, -0.1) is 0 Å². The number of hydrogen-bond acceptors (Lipinski definition) is 7. The van der Waals surface area contributed by atoms with Crippen molar-refractivity contribution >= 4 is 13.8 Å². The van der Waals surface area contributed by atoms with E-state index >= 15 is 0 Å². The molecule has 1 saturated heterocycles. The van der Waals surface area contributed by atoms with Crippen LogP contribution in [0.2, 0.25) is 0 Å². The Bertz CT molecular complexity index is 311. The van der Waals surface area contributed by atoms with Crippen LogP contribution in [0.4, 0.5) is 0 Å². The number of ether oxygens (including phenoxy) is 1. The molecule has 0 saturated carbocycles. The van der Waals surface area contributed by atoms with Crippen molar-refractivity contribution in [2.24, 2.45) is 0 Å². The third-order valence-corrected chi connectivity index (χ3v) is 2.46. The lowest BCUT2D eigenvalue weighted by Gasteiger charge is -2.33. The number of esters is 1. The van der Waals surface area contributed by atoms with E-state index in [-0.39, 0.29) is 0 Å². The number of hydrogen-bond donors (Lipinski definition) is 5. The largest absolute Gasteiger partial charge is 0.469 e. The van der Waals surface area contributed by atoms with E-state index in [0.717, 1.165) is 0 Å². The summed E-state index contributed by atoms with van der Waals surface area (Å²) in [5.41, 5.74) is 0. The molecule has 3 unspecified atom stereocenters. The Morgan fingerprint density at radius 1 is 1.25 bits per heavy atom. The topological polar surface area (TPSA) is 154 Å². The zero-order valence-electron chi connectivity index (χ0n) is 7.83. The lowest BCUT2D eigenvalue weighted by molar-refractivity contribution is -0.206. The van der Waals surface area contributed by atoms with Crippen LogP contribution in [-0.2, 0) is 18.6 Å². The van der Waals surface area contributed by atoms with Gasteiger partial charge in [-0.1, -0.05) is 0 Å². The summed E-state index contributed by atoms with van der Waals surface area (Å²) in [6.45, 7) is -0.791. The Morgan fingerprint density at radius 3 is 2.31 bits per heavy atom. The predicted molar refractivity (Wildman–Crippen MR) is 45.9 cm³/mol. The quantitative estimate of drug-likeness (QED) is 0.265. The molecule has 0 aromatic heterocycles. The number of cyclic esters (lactones) is 1. The molecule has 0 amide bonds. The molecular formula is C6H11O9P. The Balaban J connectivity index is 2.61. The molecule has 10 heteroatoms. The predicted octanol–water partition coefficient (Wildman–Crippen LogP) is -2.90. The lowest BCUT2D eigenvalue weighted by atomic mass is 10.0. The number of aliphatic hydroxyl groups is 3. The molecule has 9 nitrogen and oxygen atoms in total. The number of aliphatic hydroxyl groups excluding tert-OH is 3. The summed E-state index contributed by atoms with van der Waals surface area (Å²) in [6.07, 6.45) is -6.80. The minimum Gasteiger partial charge on any atom is -0.455 e. The fraction of sp³-hybridized carbons (Fsp3) is 0.833. The first-order valence-electron chi connectivity index (χ1n) is 4.17. The molecule has 94 valence electrons. The van der Waals surface area contributed by atoms with Crippen molar-refractivity contribution in [3.05, 3.63) is 0 Å². The molecule has 0 bridgehead atoms. The van der Waals surface area contributed by atoms with Crippen molar-refractivity contribution < 1.29 is 43.7 Å². The van der Waals surface area contributed by atoms with Crippen LogP contribution in [0.15, 0.2) is 0 Å². The number of carbonyl (C=O) groups excluding carboxylic acids is 1. The molecule has 1 aliphatic heterocycles. The highest BCUT2D eigenvalue weighted by atomic mass is 31.2. The first-order valence-corrected chi connectivity index (χ1v) is 5.70. The van der Waals surface area contributed by atoms with Crippen molar-refractivity contribution in [1.82, 2.24) is 0 Å². The van der Waals surface area contributed by atoms with E-state index in [4.69, 9.17) is 20.0 Å². The van der Waals surface area contributed by atoms with Crippen LogP contribution in [0, 0.1) is 0 Å². The highest BCUT2D eigenvalue weighted by Crippen LogP contribution is 2.36. The van der Waals surface area contributed by atoms with E-state index in [1.807, 2.05) is 0 Å². The number of phosphoric ester groups is 1. The Morgan fingerprint density at radius 2 is 1.81 bits per heavy atom. The summed E-state index contributed by atoms with van der Waals surface area (Å²) < 4.78 is 18.8. The van der Waals surface area contributed by atoms with Crippen molar-refractivity contribution in [1.29, 1.82) is 0 Å². The molecule has 1 fully saturated rings. The highest BCUT2D eigenvalue weighted by Gasteiger charge is 2.44. The molecule has 4 atom stereocenters. The van der Waals surface area contributed by atoms with Gasteiger partial charge in [0.25, 0.3) is 0 Å². The summed E-state index contributed by atoms with van der Waals surface area (Å²) in [7, 11) is -4.76. The molecule has 1 rings (SSSR count). The van der Waals surface area contributed by atoms with Crippen LogP contribution < -0.4 is 0 Å². The van der Waals surface area contributed by atoms with Gasteiger partial charge in [0.15, 0.2) is 12.2 Å². The molecule has 16 heavy (non-hydrogen) atoms. The van der Waals surface area contributed by atoms with E-state index < -0.39 is 44.8 Å². The Labute approximate surface area is 89.5 Å². The third kappa shape index (κ3) is 3.22. The minimum absolute atomic E-state index is 0.791. The number of rotatable bonds is 3. The maximum absolute atomic E-state index is 10.9. The molecule has 1 aliphatic rings. The smallest absolute Gasteiger partial charge is 0.455 e. The van der Waals surface area contributed by atoms with E-state index in [0.29, 0.717) is 0 Å². The molecule has 1 heterocycles. The average molecular weight is 258 g/mol. The van der Waals surface area contributed by atoms with Gasteiger partial charge >= 0.3 is 13.8 Å². The van der Waals surface area contributed by atoms with Crippen LogP contribution >= 0.6 is 7.82 Å². The maximum atomic E-state index is 10.9. The van der Waals surface area contributed by atoms with Crippen LogP contribution in [0.1, 0.15) is 0 Å². The number of carbonyl (C=O) groups is 1. The summed E-state index contributed by atoms with van der Waals surface area (Å²) in [4.78, 5) is 27.6. The van der Waals surface area contributed by atoms with E-state index in [2.05, 4.69) is 9.26 Å². The normalized spacial score (nSPS) is 35.9. The highest BCUT2D eigenvalue weighted by molar-refractivity contribution is 7.46. The first kappa shape index (κ1) is 13.5. The first-order chi connectivity index (χ1) is 7.22. The Kier molecular flexibility index (Phi) is 4.02. The van der Waals surface area contributed by atoms with Crippen molar-refractivity contribution in [2.75, 3.05) is 6.61 Å². The molecule has 0 aromatic carbocycles.